The van der Waals surface area contributed by atoms with Crippen LogP contribution in [0.25, 0.3) is 12.2 Å². The monoisotopic (exact) mass is 965 g/mol. The first-order chi connectivity index (χ1) is 35.2. The van der Waals surface area contributed by atoms with E-state index in [0.29, 0.717) is 49.8 Å². The van der Waals surface area contributed by atoms with Crippen molar-refractivity contribution < 1.29 is 34.8 Å². The second-order valence-corrected chi connectivity index (χ2v) is 21.3. The molecule has 1 aliphatic heterocycles. The van der Waals surface area contributed by atoms with Crippen LogP contribution in [0.3, 0.4) is 0 Å². The summed E-state index contributed by atoms with van der Waals surface area (Å²) < 4.78 is 6.55. The third-order valence-electron chi connectivity index (χ3n) is 16.6. The van der Waals surface area contributed by atoms with E-state index < -0.39 is 17.9 Å². The average Bonchev–Trinajstić information content (AvgIpc) is 4.14. The minimum Gasteiger partial charge on any atom is -0.507 e. The number of fused-ring (bicyclic) bond motifs is 14. The SMILES string of the molecule is O=C1CCc2cc(c(O)c(OC3CCCC3)c2)Cc2ccc(CC(O)Cc3ccccc3)c(c2)C2CCC(Nc3[nH]ccc32)C2=Cc3[nH]ccc3C(CC3C=Cc4c(O)cccc4CC3)C2C(=O)C1CCO. The second kappa shape index (κ2) is 20.8. The molecule has 4 aliphatic carbocycles. The van der Waals surface area contributed by atoms with Gasteiger partial charge >= 0.3 is 0 Å². The number of ether oxygens (including phenoxy) is 1. The molecule has 0 amide bonds. The number of H-pyrrole nitrogens is 2. The van der Waals surface area contributed by atoms with Gasteiger partial charge in [0.05, 0.1) is 18.1 Å². The number of aliphatic hydroxyl groups excluding tert-OH is 2. The third kappa shape index (κ3) is 9.83. The van der Waals surface area contributed by atoms with Crippen molar-refractivity contribution >= 4 is 29.5 Å². The molecule has 6 aromatic rings. The minimum atomic E-state index is -1.04. The molecule has 7 N–H and O–H groups in total. The Kier molecular flexibility index (Phi) is 13.8. The van der Waals surface area contributed by atoms with Crippen molar-refractivity contribution in [2.45, 2.75) is 126 Å². The highest BCUT2D eigenvalue weighted by Gasteiger charge is 2.45. The molecule has 10 nitrogen and oxygen atoms in total. The number of rotatable bonds is 10. The zero-order valence-corrected chi connectivity index (χ0v) is 41.0. The lowest BCUT2D eigenvalue weighted by Gasteiger charge is -2.38. The molecule has 72 heavy (non-hydrogen) atoms. The van der Waals surface area contributed by atoms with Crippen LogP contribution in [0.4, 0.5) is 5.82 Å². The molecule has 7 unspecified atom stereocenters. The Labute approximate surface area is 422 Å². The Bertz CT molecular complexity index is 2990. The van der Waals surface area contributed by atoms with Crippen LogP contribution in [0.2, 0.25) is 0 Å². The molecule has 0 spiro atoms. The number of aromatic hydroxyl groups is 2. The summed E-state index contributed by atoms with van der Waals surface area (Å²) in [4.78, 5) is 37.9. The molecule has 2 aromatic heterocycles. The number of aliphatic hydroxyl groups is 2. The number of phenols is 2. The number of aromatic amines is 2. The maximum absolute atomic E-state index is 15.9. The maximum Gasteiger partial charge on any atom is 0.161 e. The fourth-order valence-electron chi connectivity index (χ4n) is 13.0. The standard InChI is InChI=1S/C62H67N3O7/c66-28-25-50-57(69)22-16-40-30-43(60(70)58(34-40)72-45-10-4-5-11-45)29-39-14-18-42(35-44(67)31-37-7-2-1-3-8-37)51(33-39)47-20-21-54(65-62-49(47)24-27-64-62)53-36-55-48(23-26-63-55)52(59(53)61(50)71)32-38-13-17-41-9-6-12-56(68)46(41)19-15-38/h1-3,6-9,12,14-15,18-19,23-24,26-27,30,33-34,36,38,44-45,47,50,52,54,59,63-68,70H,4-5,10-11,13,16-17,20-22,25,28-29,31-32,35H2. The number of carbonyl (C=O) groups is 2. The molecule has 1 saturated carbocycles. The molecule has 3 heterocycles. The molecular weight excluding hydrogens is 899 g/mol. The van der Waals surface area contributed by atoms with Crippen LogP contribution in [0.15, 0.2) is 115 Å². The number of carbonyl (C=O) groups excluding carboxylic acids is 2. The summed E-state index contributed by atoms with van der Waals surface area (Å²) in [6.45, 7) is -0.306. The number of nitrogens with one attached hydrogen (secondary N) is 3. The third-order valence-corrected chi connectivity index (χ3v) is 16.6. The topological polar surface area (TPSA) is 168 Å². The van der Waals surface area contributed by atoms with E-state index in [2.05, 4.69) is 76.0 Å². The van der Waals surface area contributed by atoms with Gasteiger partial charge < -0.3 is 40.4 Å². The van der Waals surface area contributed by atoms with Gasteiger partial charge in [0.15, 0.2) is 17.3 Å². The largest absolute Gasteiger partial charge is 0.507 e. The normalized spacial score (nSPS) is 23.6. The highest BCUT2D eigenvalue weighted by atomic mass is 16.5. The summed E-state index contributed by atoms with van der Waals surface area (Å²) >= 11 is 0. The highest BCUT2D eigenvalue weighted by Crippen LogP contribution is 2.50. The zero-order valence-electron chi connectivity index (χ0n) is 41.0. The van der Waals surface area contributed by atoms with Crippen LogP contribution in [0.5, 0.6) is 17.2 Å². The highest BCUT2D eigenvalue weighted by molar-refractivity contribution is 6.05. The Morgan fingerprint density at radius 3 is 2.43 bits per heavy atom. The number of aryl methyl sites for hydroxylation is 2. The Morgan fingerprint density at radius 1 is 0.750 bits per heavy atom. The summed E-state index contributed by atoms with van der Waals surface area (Å²) in [5.74, 6) is -0.709. The van der Waals surface area contributed by atoms with Crippen molar-refractivity contribution in [3.8, 4) is 17.2 Å². The smallest absolute Gasteiger partial charge is 0.161 e. The molecule has 0 radical (unpaired) electrons. The van der Waals surface area contributed by atoms with Crippen LogP contribution < -0.4 is 10.1 Å². The molecule has 0 saturated heterocycles. The quantitative estimate of drug-likeness (QED) is 0.0666. The van der Waals surface area contributed by atoms with Crippen LogP contribution in [0, 0.1) is 17.8 Å². The number of hydrogen-bond donors (Lipinski definition) is 7. The minimum absolute atomic E-state index is 0.00340. The lowest BCUT2D eigenvalue weighted by Crippen LogP contribution is -2.41. The summed E-state index contributed by atoms with van der Waals surface area (Å²) in [6, 6.07) is 30.2. The van der Waals surface area contributed by atoms with Crippen molar-refractivity contribution in [3.05, 3.63) is 176 Å². The first-order valence-corrected chi connectivity index (χ1v) is 26.5. The maximum atomic E-state index is 15.9. The molecule has 4 aromatic carbocycles. The number of allylic oxidation sites excluding steroid dienone is 1. The van der Waals surface area contributed by atoms with Gasteiger partial charge in [-0.05, 0) is 164 Å². The zero-order chi connectivity index (χ0) is 49.3. The molecule has 10 heteroatoms. The first kappa shape index (κ1) is 47.7. The summed E-state index contributed by atoms with van der Waals surface area (Å²) in [5.41, 5.74) is 11.8. The fraction of sp³-hybridized carbons (Fsp3) is 0.387. The van der Waals surface area contributed by atoms with E-state index in [0.717, 1.165) is 112 Å². The van der Waals surface area contributed by atoms with Gasteiger partial charge in [0, 0.05) is 78.0 Å². The van der Waals surface area contributed by atoms with E-state index in [1.807, 2.05) is 54.9 Å². The summed E-state index contributed by atoms with van der Waals surface area (Å²) in [6.07, 6.45) is 19.1. The van der Waals surface area contributed by atoms with Gasteiger partial charge in [-0.25, -0.2) is 0 Å². The van der Waals surface area contributed by atoms with E-state index in [9.17, 15) is 25.2 Å². The lowest BCUT2D eigenvalue weighted by atomic mass is 9.66. The van der Waals surface area contributed by atoms with E-state index in [4.69, 9.17) is 4.74 Å². The average molecular weight is 966 g/mol. The van der Waals surface area contributed by atoms with Gasteiger partial charge in [-0.15, -0.1) is 0 Å². The number of benzene rings is 4. The predicted molar refractivity (Wildman–Crippen MR) is 281 cm³/mol. The number of anilines is 1. The predicted octanol–water partition coefficient (Wildman–Crippen LogP) is 11.1. The van der Waals surface area contributed by atoms with E-state index in [1.165, 1.54) is 0 Å². The summed E-state index contributed by atoms with van der Waals surface area (Å²) in [7, 11) is 0. The van der Waals surface area contributed by atoms with Gasteiger partial charge in [0.2, 0.25) is 0 Å². The molecule has 11 rings (SSSR count). The van der Waals surface area contributed by atoms with Crippen molar-refractivity contribution in [2.24, 2.45) is 17.8 Å². The Balaban J connectivity index is 1.03. The van der Waals surface area contributed by atoms with Gasteiger partial charge in [-0.1, -0.05) is 78.9 Å². The van der Waals surface area contributed by atoms with Crippen LogP contribution in [-0.4, -0.2) is 66.8 Å². The Hall–Kier alpha value is -6.62. The summed E-state index contributed by atoms with van der Waals surface area (Å²) in [5, 5.41) is 49.2. The number of aromatic nitrogens is 2. The van der Waals surface area contributed by atoms with Gasteiger partial charge in [0.1, 0.15) is 17.4 Å². The molecule has 7 atom stereocenters. The molecule has 372 valence electrons. The second-order valence-electron chi connectivity index (χ2n) is 21.3. The van der Waals surface area contributed by atoms with Crippen LogP contribution in [0.1, 0.15) is 137 Å². The molecule has 1 fully saturated rings. The van der Waals surface area contributed by atoms with Crippen LogP contribution in [-0.2, 0) is 41.7 Å². The first-order valence-electron chi connectivity index (χ1n) is 26.5. The van der Waals surface area contributed by atoms with Crippen molar-refractivity contribution in [1.82, 2.24) is 9.97 Å². The van der Waals surface area contributed by atoms with Crippen molar-refractivity contribution in [2.75, 3.05) is 11.9 Å². The lowest BCUT2D eigenvalue weighted by molar-refractivity contribution is -0.135. The van der Waals surface area contributed by atoms with E-state index in [-0.39, 0.29) is 72.4 Å². The number of Topliss-reactive ketones (excluding diaryl/α,β-unsaturated/α-hetero) is 2. The molecule has 6 bridgehead atoms. The number of ketones is 2. The van der Waals surface area contributed by atoms with Gasteiger partial charge in [-0.3, -0.25) is 9.59 Å². The van der Waals surface area contributed by atoms with Gasteiger partial charge in [0.25, 0.3) is 0 Å². The Morgan fingerprint density at radius 2 is 1.58 bits per heavy atom. The molecule has 5 aliphatic rings. The van der Waals surface area contributed by atoms with E-state index >= 15 is 4.79 Å². The van der Waals surface area contributed by atoms with Crippen molar-refractivity contribution in [3.63, 3.8) is 0 Å². The van der Waals surface area contributed by atoms with E-state index in [1.54, 1.807) is 6.07 Å². The number of hydrogen-bond acceptors (Lipinski definition) is 8. The molecular formula is C62H67N3O7. The van der Waals surface area contributed by atoms with Crippen molar-refractivity contribution in [1.29, 1.82) is 0 Å². The number of phenolic OH excluding ortho intramolecular Hbond substituents is 2. The van der Waals surface area contributed by atoms with Crippen LogP contribution >= 0.6 is 0 Å². The van der Waals surface area contributed by atoms with Gasteiger partial charge in [-0.2, -0.15) is 0 Å². The fourth-order valence-corrected chi connectivity index (χ4v) is 13.0.